The first-order valence-electron chi connectivity index (χ1n) is 7.98. The molecule has 9 heteroatoms. The lowest BCUT2D eigenvalue weighted by molar-refractivity contribution is -0.119. The van der Waals surface area contributed by atoms with Crippen molar-refractivity contribution in [1.82, 2.24) is 4.98 Å². The minimum atomic E-state index is -3.40. The summed E-state index contributed by atoms with van der Waals surface area (Å²) in [5, 5.41) is 2.47. The number of ketones is 1. The van der Waals surface area contributed by atoms with Crippen molar-refractivity contribution in [2.45, 2.75) is 25.7 Å². The van der Waals surface area contributed by atoms with Crippen molar-refractivity contribution >= 4 is 33.2 Å². The van der Waals surface area contributed by atoms with Crippen LogP contribution < -0.4 is 5.32 Å². The van der Waals surface area contributed by atoms with Crippen LogP contribution in [0.25, 0.3) is 0 Å². The monoisotopic (exact) mass is 392 g/mol. The Morgan fingerprint density at radius 3 is 2.41 bits per heavy atom. The third-order valence-electron chi connectivity index (χ3n) is 3.87. The number of benzene rings is 1. The zero-order chi connectivity index (χ0) is 20.4. The molecule has 2 rings (SSSR count). The molecule has 1 heterocycles. The van der Waals surface area contributed by atoms with Crippen LogP contribution in [0.2, 0.25) is 0 Å². The fourth-order valence-electron chi connectivity index (χ4n) is 2.69. The molecule has 1 aromatic carbocycles. The van der Waals surface area contributed by atoms with Gasteiger partial charge in [-0.15, -0.1) is 0 Å². The van der Waals surface area contributed by atoms with Gasteiger partial charge in [-0.3, -0.25) is 9.59 Å². The number of nitrogens with one attached hydrogen (secondary N) is 2. The molecule has 1 aromatic heterocycles. The van der Waals surface area contributed by atoms with E-state index in [1.54, 1.807) is 13.8 Å². The lowest BCUT2D eigenvalue weighted by Gasteiger charge is -2.08. The molecule has 0 atom stereocenters. The summed E-state index contributed by atoms with van der Waals surface area (Å²) < 4.78 is 28.1. The second-order valence-corrected chi connectivity index (χ2v) is 8.12. The summed E-state index contributed by atoms with van der Waals surface area (Å²) >= 11 is 0. The van der Waals surface area contributed by atoms with Crippen molar-refractivity contribution in [1.29, 1.82) is 0 Å². The van der Waals surface area contributed by atoms with Gasteiger partial charge in [0.2, 0.25) is 0 Å². The Morgan fingerprint density at radius 2 is 1.85 bits per heavy atom. The molecule has 0 saturated heterocycles. The van der Waals surface area contributed by atoms with Gasteiger partial charge in [-0.05, 0) is 44.5 Å². The lowest BCUT2D eigenvalue weighted by atomic mass is 10.1. The summed E-state index contributed by atoms with van der Waals surface area (Å²) in [5.74, 6) is -1.56. The number of hydrogen-bond donors (Lipinski definition) is 2. The Labute approximate surface area is 156 Å². The molecule has 1 amide bonds. The van der Waals surface area contributed by atoms with Crippen LogP contribution in [0.15, 0.2) is 29.2 Å². The van der Waals surface area contributed by atoms with E-state index in [2.05, 4.69) is 10.3 Å². The zero-order valence-electron chi connectivity index (χ0n) is 15.4. The van der Waals surface area contributed by atoms with Crippen molar-refractivity contribution in [3.63, 3.8) is 0 Å². The van der Waals surface area contributed by atoms with Gasteiger partial charge >= 0.3 is 5.97 Å². The van der Waals surface area contributed by atoms with Gasteiger partial charge in [-0.1, -0.05) is 6.07 Å². The molecule has 144 valence electrons. The molecular formula is C18H20N2O6S. The number of carbonyl (C=O) groups excluding carboxylic acids is 3. The number of carbonyl (C=O) groups is 3. The molecule has 8 nitrogen and oxygen atoms in total. The third-order valence-corrected chi connectivity index (χ3v) is 4.98. The number of aromatic amines is 1. The zero-order valence-corrected chi connectivity index (χ0v) is 16.2. The summed E-state index contributed by atoms with van der Waals surface area (Å²) in [4.78, 5) is 38.6. The molecule has 0 radical (unpaired) electrons. The van der Waals surface area contributed by atoms with Gasteiger partial charge in [0.1, 0.15) is 5.69 Å². The highest BCUT2D eigenvalue weighted by Crippen LogP contribution is 2.19. The molecule has 2 aromatic rings. The first-order valence-corrected chi connectivity index (χ1v) is 9.87. The Hall–Kier alpha value is -2.94. The van der Waals surface area contributed by atoms with Crippen LogP contribution in [0.4, 0.5) is 5.69 Å². The molecule has 2 N–H and O–H groups in total. The normalized spacial score (nSPS) is 11.1. The maximum Gasteiger partial charge on any atom is 0.355 e. The molecule has 0 spiro atoms. The smallest absolute Gasteiger partial charge is 0.355 e. The first kappa shape index (κ1) is 20.4. The third kappa shape index (κ3) is 4.82. The molecule has 0 saturated carbocycles. The molecule has 0 aliphatic heterocycles. The number of aryl methyl sites for hydroxylation is 1. The van der Waals surface area contributed by atoms with Gasteiger partial charge in [-0.25, -0.2) is 13.2 Å². The average molecular weight is 392 g/mol. The van der Waals surface area contributed by atoms with Crippen LogP contribution in [0.1, 0.15) is 39.0 Å². The van der Waals surface area contributed by atoms with E-state index in [1.807, 2.05) is 0 Å². The number of ether oxygens (including phenoxy) is 1. The van der Waals surface area contributed by atoms with Gasteiger partial charge < -0.3 is 15.0 Å². The number of anilines is 1. The van der Waals surface area contributed by atoms with E-state index in [0.29, 0.717) is 16.8 Å². The standard InChI is InChI=1S/C18H20N2O6S/c1-10-16(12(3)21)11(2)19-17(10)18(23)26-9-15(22)20-13-6-5-7-14(8-13)27(4,24)25/h5-8,19H,9H2,1-4H3,(H,20,22). The largest absolute Gasteiger partial charge is 0.451 e. The van der Waals surface area contributed by atoms with Gasteiger partial charge in [0, 0.05) is 23.2 Å². The van der Waals surface area contributed by atoms with Crippen LogP contribution in [0.3, 0.4) is 0 Å². The number of rotatable bonds is 6. The predicted octanol–water partition coefficient (Wildman–Crippen LogP) is 2.03. The van der Waals surface area contributed by atoms with Crippen LogP contribution in [0.5, 0.6) is 0 Å². The first-order chi connectivity index (χ1) is 12.5. The quantitative estimate of drug-likeness (QED) is 0.573. The van der Waals surface area contributed by atoms with Gasteiger partial charge in [0.05, 0.1) is 4.90 Å². The Kier molecular flexibility index (Phi) is 5.85. The maximum absolute atomic E-state index is 12.2. The SMILES string of the molecule is CC(=O)c1c(C)[nH]c(C(=O)OCC(=O)Nc2cccc(S(C)(=O)=O)c2)c1C. The highest BCUT2D eigenvalue weighted by atomic mass is 32.2. The van der Waals surface area contributed by atoms with Crippen LogP contribution >= 0.6 is 0 Å². The lowest BCUT2D eigenvalue weighted by Crippen LogP contribution is -2.21. The molecule has 0 unspecified atom stereocenters. The van der Waals surface area contributed by atoms with E-state index < -0.39 is 28.3 Å². The van der Waals surface area contributed by atoms with Crippen molar-refractivity contribution < 1.29 is 27.5 Å². The van der Waals surface area contributed by atoms with Gasteiger partial charge in [-0.2, -0.15) is 0 Å². The highest BCUT2D eigenvalue weighted by Gasteiger charge is 2.21. The molecular weight excluding hydrogens is 372 g/mol. The molecule has 0 fully saturated rings. The van der Waals surface area contributed by atoms with Crippen LogP contribution in [0, 0.1) is 13.8 Å². The van der Waals surface area contributed by atoms with Gasteiger partial charge in [0.25, 0.3) is 5.91 Å². The van der Waals surface area contributed by atoms with Crippen molar-refractivity contribution in [2.75, 3.05) is 18.2 Å². The summed E-state index contributed by atoms with van der Waals surface area (Å²) in [7, 11) is -3.40. The minimum absolute atomic E-state index is 0.0616. The molecule has 0 aliphatic carbocycles. The number of H-pyrrole nitrogens is 1. The van der Waals surface area contributed by atoms with E-state index >= 15 is 0 Å². The number of hydrogen-bond acceptors (Lipinski definition) is 6. The number of amides is 1. The van der Waals surface area contributed by atoms with Crippen molar-refractivity contribution in [3.8, 4) is 0 Å². The van der Waals surface area contributed by atoms with Crippen LogP contribution in [-0.2, 0) is 19.4 Å². The molecule has 27 heavy (non-hydrogen) atoms. The fourth-order valence-corrected chi connectivity index (χ4v) is 3.35. The summed E-state index contributed by atoms with van der Waals surface area (Å²) in [6, 6.07) is 5.74. The summed E-state index contributed by atoms with van der Waals surface area (Å²) in [6.07, 6.45) is 1.06. The Morgan fingerprint density at radius 1 is 1.19 bits per heavy atom. The number of sulfone groups is 1. The Balaban J connectivity index is 2.03. The summed E-state index contributed by atoms with van der Waals surface area (Å²) in [5.41, 5.74) is 1.82. The highest BCUT2D eigenvalue weighted by molar-refractivity contribution is 7.90. The van der Waals surface area contributed by atoms with E-state index in [4.69, 9.17) is 4.74 Å². The Bertz CT molecular complexity index is 1020. The van der Waals surface area contributed by atoms with Crippen molar-refractivity contribution in [3.05, 3.63) is 46.8 Å². The number of esters is 1. The van der Waals surface area contributed by atoms with E-state index in [9.17, 15) is 22.8 Å². The van der Waals surface area contributed by atoms with E-state index in [-0.39, 0.29) is 22.1 Å². The van der Waals surface area contributed by atoms with E-state index in [0.717, 1.165) is 6.26 Å². The number of Topliss-reactive ketones (excluding diaryl/α,β-unsaturated/α-hetero) is 1. The predicted molar refractivity (Wildman–Crippen MR) is 98.7 cm³/mol. The fraction of sp³-hybridized carbons (Fsp3) is 0.278. The average Bonchev–Trinajstić information content (AvgIpc) is 2.87. The maximum atomic E-state index is 12.2. The number of aromatic nitrogens is 1. The topological polar surface area (TPSA) is 122 Å². The van der Waals surface area contributed by atoms with E-state index in [1.165, 1.54) is 31.2 Å². The molecule has 0 bridgehead atoms. The molecule has 0 aliphatic rings. The second-order valence-electron chi connectivity index (χ2n) is 6.11. The van der Waals surface area contributed by atoms with Crippen LogP contribution in [-0.4, -0.2) is 43.9 Å². The summed E-state index contributed by atoms with van der Waals surface area (Å²) in [6.45, 7) is 4.13. The van der Waals surface area contributed by atoms with Gasteiger partial charge in [0.15, 0.2) is 22.2 Å². The minimum Gasteiger partial charge on any atom is -0.451 e. The van der Waals surface area contributed by atoms with Crippen molar-refractivity contribution in [2.24, 2.45) is 0 Å². The second kappa shape index (κ2) is 7.75.